The Bertz CT molecular complexity index is 231. The molecule has 1 amide bonds. The first-order chi connectivity index (χ1) is 7.51. The molecule has 0 aliphatic heterocycles. The van der Waals surface area contributed by atoms with E-state index in [1.54, 1.807) is 0 Å². The van der Waals surface area contributed by atoms with Gasteiger partial charge in [-0.15, -0.1) is 0 Å². The van der Waals surface area contributed by atoms with Crippen LogP contribution in [0.15, 0.2) is 0 Å². The maximum Gasteiger partial charge on any atom is 0.326 e. The van der Waals surface area contributed by atoms with Crippen molar-refractivity contribution in [1.29, 1.82) is 0 Å². The highest BCUT2D eigenvalue weighted by molar-refractivity contribution is 5.83. The molecule has 4 N–H and O–H groups in total. The van der Waals surface area contributed by atoms with E-state index < -0.39 is 12.0 Å². The van der Waals surface area contributed by atoms with E-state index in [2.05, 4.69) is 5.32 Å². The van der Waals surface area contributed by atoms with Gasteiger partial charge < -0.3 is 16.2 Å². The summed E-state index contributed by atoms with van der Waals surface area (Å²) in [6.07, 6.45) is 2.23. The molecule has 16 heavy (non-hydrogen) atoms. The number of amides is 1. The zero-order valence-corrected chi connectivity index (χ0v) is 10.0. The molecule has 0 aliphatic carbocycles. The Morgan fingerprint density at radius 2 is 2.00 bits per heavy atom. The number of aliphatic carboxylic acids is 1. The Morgan fingerprint density at radius 3 is 2.44 bits per heavy atom. The fourth-order valence-electron chi connectivity index (χ4n) is 1.31. The first-order valence-corrected chi connectivity index (χ1v) is 5.73. The summed E-state index contributed by atoms with van der Waals surface area (Å²) in [5.74, 6) is -0.886. The van der Waals surface area contributed by atoms with Crippen LogP contribution in [0, 0.1) is 5.92 Å². The SMILES string of the molecule is CCC[C@@H](NC(=O)CCC(C)CN)C(=O)O. The van der Waals surface area contributed by atoms with E-state index in [0.717, 1.165) is 6.42 Å². The van der Waals surface area contributed by atoms with Gasteiger partial charge in [-0.3, -0.25) is 4.79 Å². The van der Waals surface area contributed by atoms with Crippen LogP contribution in [-0.2, 0) is 9.59 Å². The molecule has 0 aromatic carbocycles. The lowest BCUT2D eigenvalue weighted by Gasteiger charge is -2.14. The van der Waals surface area contributed by atoms with E-state index in [1.807, 2.05) is 13.8 Å². The summed E-state index contributed by atoms with van der Waals surface area (Å²) in [4.78, 5) is 22.2. The van der Waals surface area contributed by atoms with Crippen LogP contribution >= 0.6 is 0 Å². The van der Waals surface area contributed by atoms with Crippen LogP contribution in [-0.4, -0.2) is 29.6 Å². The molecule has 0 fully saturated rings. The van der Waals surface area contributed by atoms with Gasteiger partial charge in [-0.2, -0.15) is 0 Å². The lowest BCUT2D eigenvalue weighted by molar-refractivity contribution is -0.142. The van der Waals surface area contributed by atoms with Gasteiger partial charge in [0.15, 0.2) is 0 Å². The Kier molecular flexibility index (Phi) is 7.54. The topological polar surface area (TPSA) is 92.4 Å². The Morgan fingerprint density at radius 1 is 1.38 bits per heavy atom. The number of carboxylic acid groups (broad SMARTS) is 1. The van der Waals surface area contributed by atoms with E-state index in [-0.39, 0.29) is 5.91 Å². The second kappa shape index (κ2) is 8.10. The van der Waals surface area contributed by atoms with Crippen molar-refractivity contribution < 1.29 is 14.7 Å². The van der Waals surface area contributed by atoms with Gasteiger partial charge in [0.1, 0.15) is 6.04 Å². The summed E-state index contributed by atoms with van der Waals surface area (Å²) in [7, 11) is 0. The molecule has 5 nitrogen and oxygen atoms in total. The maximum absolute atomic E-state index is 11.4. The number of nitrogens with one attached hydrogen (secondary N) is 1. The van der Waals surface area contributed by atoms with Gasteiger partial charge in [0.05, 0.1) is 0 Å². The number of carboxylic acids is 1. The third-order valence-electron chi connectivity index (χ3n) is 2.48. The van der Waals surface area contributed by atoms with Crippen LogP contribution in [0.1, 0.15) is 39.5 Å². The highest BCUT2D eigenvalue weighted by Gasteiger charge is 2.18. The largest absolute Gasteiger partial charge is 0.480 e. The third kappa shape index (κ3) is 6.40. The minimum atomic E-state index is -0.970. The van der Waals surface area contributed by atoms with Crippen molar-refractivity contribution in [2.45, 2.75) is 45.6 Å². The molecule has 0 aromatic rings. The van der Waals surface area contributed by atoms with Crippen LogP contribution in [0.3, 0.4) is 0 Å². The number of hydrogen-bond donors (Lipinski definition) is 3. The average Bonchev–Trinajstić information content (AvgIpc) is 2.25. The van der Waals surface area contributed by atoms with E-state index >= 15 is 0 Å². The molecule has 1 unspecified atom stereocenters. The highest BCUT2D eigenvalue weighted by atomic mass is 16.4. The molecule has 0 aromatic heterocycles. The first-order valence-electron chi connectivity index (χ1n) is 5.73. The predicted octanol–water partition coefficient (Wildman–Crippen LogP) is 0.731. The van der Waals surface area contributed by atoms with E-state index in [4.69, 9.17) is 10.8 Å². The minimum absolute atomic E-state index is 0.207. The van der Waals surface area contributed by atoms with Gasteiger partial charge in [-0.05, 0) is 25.3 Å². The summed E-state index contributed by atoms with van der Waals surface area (Å²) >= 11 is 0. The average molecular weight is 230 g/mol. The van der Waals surface area contributed by atoms with Crippen LogP contribution in [0.4, 0.5) is 0 Å². The first kappa shape index (κ1) is 14.9. The molecule has 0 rings (SSSR count). The fourth-order valence-corrected chi connectivity index (χ4v) is 1.31. The molecule has 0 saturated carbocycles. The van der Waals surface area contributed by atoms with Crippen molar-refractivity contribution in [3.8, 4) is 0 Å². The van der Waals surface area contributed by atoms with Gasteiger partial charge in [0.2, 0.25) is 5.91 Å². The molecule has 5 heteroatoms. The standard InChI is InChI=1S/C11H22N2O3/c1-3-4-9(11(15)16)13-10(14)6-5-8(2)7-12/h8-9H,3-7,12H2,1-2H3,(H,13,14)(H,15,16)/t8?,9-/m1/s1. The number of carbonyl (C=O) groups excluding carboxylic acids is 1. The molecule has 0 radical (unpaired) electrons. The summed E-state index contributed by atoms with van der Waals surface area (Å²) in [5.41, 5.74) is 5.43. The quantitative estimate of drug-likeness (QED) is 0.573. The molecular weight excluding hydrogens is 208 g/mol. The number of nitrogens with two attached hydrogens (primary N) is 1. The van der Waals surface area contributed by atoms with Gasteiger partial charge >= 0.3 is 5.97 Å². The lowest BCUT2D eigenvalue weighted by Crippen LogP contribution is -2.40. The zero-order chi connectivity index (χ0) is 12.6. The van der Waals surface area contributed by atoms with Crippen molar-refractivity contribution in [2.75, 3.05) is 6.54 Å². The van der Waals surface area contributed by atoms with Crippen LogP contribution in [0.2, 0.25) is 0 Å². The Labute approximate surface area is 96.4 Å². The molecule has 2 atom stereocenters. The predicted molar refractivity (Wildman–Crippen MR) is 61.9 cm³/mol. The maximum atomic E-state index is 11.4. The van der Waals surface area contributed by atoms with Gasteiger partial charge in [-0.1, -0.05) is 20.3 Å². The van der Waals surface area contributed by atoms with Crippen LogP contribution in [0.25, 0.3) is 0 Å². The fraction of sp³-hybridized carbons (Fsp3) is 0.818. The van der Waals surface area contributed by atoms with E-state index in [0.29, 0.717) is 31.7 Å². The van der Waals surface area contributed by atoms with E-state index in [9.17, 15) is 9.59 Å². The van der Waals surface area contributed by atoms with Gasteiger partial charge in [0, 0.05) is 6.42 Å². The second-order valence-electron chi connectivity index (χ2n) is 4.13. The number of hydrogen-bond acceptors (Lipinski definition) is 3. The summed E-state index contributed by atoms with van der Waals surface area (Å²) < 4.78 is 0. The van der Waals surface area contributed by atoms with Crippen molar-refractivity contribution in [3.63, 3.8) is 0 Å². The summed E-state index contributed by atoms with van der Waals surface area (Å²) in [6, 6.07) is -0.759. The second-order valence-corrected chi connectivity index (χ2v) is 4.13. The molecule has 0 spiro atoms. The molecule has 94 valence electrons. The normalized spacial score (nSPS) is 14.2. The molecule has 0 aliphatic rings. The summed E-state index contributed by atoms with van der Waals surface area (Å²) in [6.45, 7) is 4.40. The summed E-state index contributed by atoms with van der Waals surface area (Å²) in [5, 5.41) is 11.4. The third-order valence-corrected chi connectivity index (χ3v) is 2.48. The number of rotatable bonds is 8. The van der Waals surface area contributed by atoms with Crippen molar-refractivity contribution in [2.24, 2.45) is 11.7 Å². The van der Waals surface area contributed by atoms with Crippen molar-refractivity contribution >= 4 is 11.9 Å². The Balaban J connectivity index is 3.95. The van der Waals surface area contributed by atoms with Crippen molar-refractivity contribution in [1.82, 2.24) is 5.32 Å². The zero-order valence-electron chi connectivity index (χ0n) is 10.0. The van der Waals surface area contributed by atoms with Crippen molar-refractivity contribution in [3.05, 3.63) is 0 Å². The lowest BCUT2D eigenvalue weighted by atomic mass is 10.1. The number of carbonyl (C=O) groups is 2. The van der Waals surface area contributed by atoms with Gasteiger partial charge in [-0.25, -0.2) is 4.79 Å². The molecule has 0 saturated heterocycles. The van der Waals surface area contributed by atoms with Crippen LogP contribution in [0.5, 0.6) is 0 Å². The van der Waals surface area contributed by atoms with E-state index in [1.165, 1.54) is 0 Å². The Hall–Kier alpha value is -1.10. The minimum Gasteiger partial charge on any atom is -0.480 e. The van der Waals surface area contributed by atoms with Crippen LogP contribution < -0.4 is 11.1 Å². The smallest absolute Gasteiger partial charge is 0.326 e. The molecular formula is C11H22N2O3. The monoisotopic (exact) mass is 230 g/mol. The highest BCUT2D eigenvalue weighted by Crippen LogP contribution is 2.04. The molecule has 0 bridgehead atoms. The molecule has 0 heterocycles. The van der Waals surface area contributed by atoms with Gasteiger partial charge in [0.25, 0.3) is 0 Å².